The molecule has 4 nitrogen and oxygen atoms in total. The molecule has 30 heavy (non-hydrogen) atoms. The molecule has 0 bridgehead atoms. The fourth-order valence-corrected chi connectivity index (χ4v) is 3.74. The van der Waals surface area contributed by atoms with Gasteiger partial charge >= 0.3 is 0 Å². The zero-order valence-corrected chi connectivity index (χ0v) is 19.8. The van der Waals surface area contributed by atoms with Gasteiger partial charge < -0.3 is 19.3 Å². The second-order valence-corrected chi connectivity index (χ2v) is 9.05. The van der Waals surface area contributed by atoms with Crippen molar-refractivity contribution in [3.05, 3.63) is 36.4 Å². The van der Waals surface area contributed by atoms with Gasteiger partial charge in [0.2, 0.25) is 0 Å². The van der Waals surface area contributed by atoms with Crippen molar-refractivity contribution < 1.29 is 19.3 Å². The highest BCUT2D eigenvalue weighted by Gasteiger charge is 2.07. The summed E-state index contributed by atoms with van der Waals surface area (Å²) in [6.07, 6.45) is 9.89. The minimum atomic E-state index is 0.785. The highest BCUT2D eigenvalue weighted by atomic mass is 16.5. The van der Waals surface area contributed by atoms with E-state index in [4.69, 9.17) is 9.47 Å². The fraction of sp³-hybridized carbons (Fsp3) is 0.615. The Labute approximate surface area is 184 Å². The van der Waals surface area contributed by atoms with Gasteiger partial charge in [-0.25, -0.2) is 0 Å². The van der Waals surface area contributed by atoms with Gasteiger partial charge in [-0.05, 0) is 63.5 Å². The van der Waals surface area contributed by atoms with Gasteiger partial charge in [0.25, 0.3) is 0 Å². The first-order chi connectivity index (χ1) is 14.6. The summed E-state index contributed by atoms with van der Waals surface area (Å²) in [6, 6.07) is 12.6. The van der Waals surface area contributed by atoms with Crippen LogP contribution >= 0.6 is 0 Å². The molecular weight excluding hydrogens is 372 g/mol. The van der Waals surface area contributed by atoms with Crippen LogP contribution in [0.25, 0.3) is 10.8 Å². The maximum Gasteiger partial charge on any atom is 0.127 e. The van der Waals surface area contributed by atoms with E-state index >= 15 is 0 Å². The third kappa shape index (κ3) is 9.36. The van der Waals surface area contributed by atoms with Crippen LogP contribution < -0.4 is 19.3 Å². The normalized spacial score (nSPS) is 11.5. The van der Waals surface area contributed by atoms with Gasteiger partial charge in [-0.15, -0.1) is 0 Å². The van der Waals surface area contributed by atoms with Crippen molar-refractivity contribution in [2.45, 2.75) is 51.4 Å². The molecule has 2 aromatic rings. The lowest BCUT2D eigenvalue weighted by molar-refractivity contribution is -0.858. The van der Waals surface area contributed by atoms with Crippen molar-refractivity contribution in [2.24, 2.45) is 0 Å². The zero-order valence-electron chi connectivity index (χ0n) is 19.8. The molecule has 0 aliphatic carbocycles. The van der Waals surface area contributed by atoms with Crippen LogP contribution in [0, 0.1) is 0 Å². The molecule has 0 saturated carbocycles. The monoisotopic (exact) mass is 416 g/mol. The van der Waals surface area contributed by atoms with E-state index in [2.05, 4.69) is 64.6 Å². The molecule has 0 radical (unpaired) electrons. The van der Waals surface area contributed by atoms with Crippen molar-refractivity contribution in [1.82, 2.24) is 0 Å². The third-order valence-corrected chi connectivity index (χ3v) is 5.50. The van der Waals surface area contributed by atoms with Gasteiger partial charge in [0, 0.05) is 10.8 Å². The number of hydrogen-bond donors (Lipinski definition) is 2. The number of benzene rings is 2. The first-order valence-electron chi connectivity index (χ1n) is 11.9. The van der Waals surface area contributed by atoms with Gasteiger partial charge in [0.1, 0.15) is 11.5 Å². The van der Waals surface area contributed by atoms with E-state index in [0.717, 1.165) is 48.3 Å². The highest BCUT2D eigenvalue weighted by Crippen LogP contribution is 2.32. The number of nitrogens with one attached hydrogen (secondary N) is 2. The standard InChI is InChI=1S/C26H42N2O2/c1-27(2)19-9-5-7-11-21-29-25-17-13-16-24-23(25)15-14-18-26(24)30-22-12-8-6-10-20-28(3)4/h13-18H,5-12,19-22H2,1-4H3/p+2. The molecule has 0 saturated heterocycles. The van der Waals surface area contributed by atoms with Crippen LogP contribution in [0.1, 0.15) is 51.4 Å². The summed E-state index contributed by atoms with van der Waals surface area (Å²) in [5.41, 5.74) is 0. The first kappa shape index (κ1) is 24.5. The van der Waals surface area contributed by atoms with Crippen LogP contribution in [0.4, 0.5) is 0 Å². The van der Waals surface area contributed by atoms with E-state index in [1.807, 2.05) is 0 Å². The largest absolute Gasteiger partial charge is 0.493 e. The lowest BCUT2D eigenvalue weighted by Crippen LogP contribution is -3.05. The number of quaternary nitrogens is 2. The lowest BCUT2D eigenvalue weighted by Gasteiger charge is -2.13. The van der Waals surface area contributed by atoms with Gasteiger partial charge in [0.15, 0.2) is 0 Å². The maximum atomic E-state index is 6.13. The van der Waals surface area contributed by atoms with E-state index in [-0.39, 0.29) is 0 Å². The van der Waals surface area contributed by atoms with Crippen LogP contribution in [-0.4, -0.2) is 54.5 Å². The van der Waals surface area contributed by atoms with E-state index in [0.29, 0.717) is 0 Å². The second kappa shape index (κ2) is 14.3. The SMILES string of the molecule is C[NH+](C)CCCCCCOc1cccc2c(OCCCCCC[NH+](C)C)cccc12. The molecule has 2 N–H and O–H groups in total. The summed E-state index contributed by atoms with van der Waals surface area (Å²) in [6.45, 7) is 4.08. The third-order valence-electron chi connectivity index (χ3n) is 5.50. The Kier molecular flexibility index (Phi) is 11.6. The summed E-state index contributed by atoms with van der Waals surface area (Å²) < 4.78 is 12.3. The van der Waals surface area contributed by atoms with Crippen LogP contribution in [-0.2, 0) is 0 Å². The molecule has 0 heterocycles. The van der Waals surface area contributed by atoms with Crippen molar-refractivity contribution >= 4 is 10.8 Å². The molecule has 168 valence electrons. The van der Waals surface area contributed by atoms with Gasteiger partial charge in [-0.1, -0.05) is 24.3 Å². The van der Waals surface area contributed by atoms with Gasteiger partial charge in [-0.3, -0.25) is 0 Å². The van der Waals surface area contributed by atoms with Crippen molar-refractivity contribution in [3.8, 4) is 11.5 Å². The average Bonchev–Trinajstić information content (AvgIpc) is 2.72. The van der Waals surface area contributed by atoms with E-state index in [9.17, 15) is 0 Å². The topological polar surface area (TPSA) is 27.3 Å². The maximum absolute atomic E-state index is 6.13. The Balaban J connectivity index is 1.77. The Morgan fingerprint density at radius 3 is 1.33 bits per heavy atom. The van der Waals surface area contributed by atoms with Gasteiger partial charge in [0.05, 0.1) is 54.5 Å². The molecule has 4 heteroatoms. The van der Waals surface area contributed by atoms with Crippen molar-refractivity contribution in [1.29, 1.82) is 0 Å². The predicted molar refractivity (Wildman–Crippen MR) is 127 cm³/mol. The quantitative estimate of drug-likeness (QED) is 0.412. The molecule has 0 aromatic heterocycles. The molecule has 2 rings (SSSR count). The summed E-state index contributed by atoms with van der Waals surface area (Å²) >= 11 is 0. The Morgan fingerprint density at radius 2 is 0.933 bits per heavy atom. The lowest BCUT2D eigenvalue weighted by atomic mass is 10.1. The molecule has 0 spiro atoms. The predicted octanol–water partition coefficient (Wildman–Crippen LogP) is 3.01. The van der Waals surface area contributed by atoms with Crippen LogP contribution in [0.5, 0.6) is 11.5 Å². The number of unbranched alkanes of at least 4 members (excludes halogenated alkanes) is 6. The van der Waals surface area contributed by atoms with Crippen LogP contribution in [0.15, 0.2) is 36.4 Å². The molecular formula is C26H44N2O2+2. The summed E-state index contributed by atoms with van der Waals surface area (Å²) in [5.74, 6) is 1.95. The molecule has 0 unspecified atom stereocenters. The number of fused-ring (bicyclic) bond motifs is 1. The molecule has 0 atom stereocenters. The second-order valence-electron chi connectivity index (χ2n) is 9.05. The molecule has 0 aliphatic heterocycles. The Morgan fingerprint density at radius 1 is 0.533 bits per heavy atom. The number of rotatable bonds is 16. The van der Waals surface area contributed by atoms with Crippen LogP contribution in [0.3, 0.4) is 0 Å². The number of ether oxygens (including phenoxy) is 2. The van der Waals surface area contributed by atoms with Crippen LogP contribution in [0.2, 0.25) is 0 Å². The summed E-state index contributed by atoms with van der Waals surface area (Å²) in [5, 5.41) is 2.31. The minimum absolute atomic E-state index is 0.785. The minimum Gasteiger partial charge on any atom is -0.493 e. The Hall–Kier alpha value is -1.78. The van der Waals surface area contributed by atoms with Gasteiger partial charge in [-0.2, -0.15) is 0 Å². The summed E-state index contributed by atoms with van der Waals surface area (Å²) in [7, 11) is 8.87. The first-order valence-corrected chi connectivity index (χ1v) is 11.9. The van der Waals surface area contributed by atoms with E-state index < -0.39 is 0 Å². The smallest absolute Gasteiger partial charge is 0.127 e. The van der Waals surface area contributed by atoms with E-state index in [1.54, 1.807) is 0 Å². The average molecular weight is 417 g/mol. The molecule has 2 aromatic carbocycles. The Bertz CT molecular complexity index is 654. The molecule has 0 amide bonds. The fourth-order valence-electron chi connectivity index (χ4n) is 3.74. The zero-order chi connectivity index (χ0) is 21.6. The molecule has 0 fully saturated rings. The van der Waals surface area contributed by atoms with Crippen molar-refractivity contribution in [3.63, 3.8) is 0 Å². The van der Waals surface area contributed by atoms with E-state index in [1.165, 1.54) is 61.4 Å². The summed E-state index contributed by atoms with van der Waals surface area (Å²) in [4.78, 5) is 3.07. The van der Waals surface area contributed by atoms with Crippen molar-refractivity contribution in [2.75, 3.05) is 54.5 Å². The highest BCUT2D eigenvalue weighted by molar-refractivity contribution is 5.93. The molecule has 0 aliphatic rings. The number of hydrogen-bond acceptors (Lipinski definition) is 2.